The van der Waals surface area contributed by atoms with Crippen molar-refractivity contribution in [2.24, 2.45) is 5.92 Å². The Hall–Kier alpha value is -3.18. The molecule has 174 valence electrons. The lowest BCUT2D eigenvalue weighted by Crippen LogP contribution is -2.36. The number of ether oxygens (including phenoxy) is 1. The molecule has 1 heterocycles. The zero-order chi connectivity index (χ0) is 23.3. The minimum atomic E-state index is -0.142. The summed E-state index contributed by atoms with van der Waals surface area (Å²) in [6.07, 6.45) is 6.27. The predicted octanol–water partition coefficient (Wildman–Crippen LogP) is 5.09. The second-order valence-electron chi connectivity index (χ2n) is 8.54. The van der Waals surface area contributed by atoms with Crippen molar-refractivity contribution >= 4 is 5.91 Å². The first-order chi connectivity index (χ1) is 16.1. The van der Waals surface area contributed by atoms with Gasteiger partial charge in [-0.05, 0) is 53.3 Å². The quantitative estimate of drug-likeness (QED) is 0.385. The number of nitrogens with zero attached hydrogens (tertiary/aromatic N) is 1. The highest BCUT2D eigenvalue weighted by molar-refractivity contribution is 5.79. The summed E-state index contributed by atoms with van der Waals surface area (Å²) in [7, 11) is 0. The number of rotatable bonds is 13. The smallest absolute Gasteiger partial charge is 0.224 e. The Balaban J connectivity index is 1.62. The third-order valence-electron chi connectivity index (χ3n) is 5.57. The monoisotopic (exact) mass is 445 g/mol. The molecule has 2 atom stereocenters. The molecular formula is C28H35N3O2. The molecule has 2 N–H and O–H groups in total. The molecule has 0 aliphatic rings. The summed E-state index contributed by atoms with van der Waals surface area (Å²) < 4.78 is 5.95. The molecule has 3 aromatic rings. The van der Waals surface area contributed by atoms with Crippen molar-refractivity contribution in [3.05, 3.63) is 95.8 Å². The molecular weight excluding hydrogens is 410 g/mol. The van der Waals surface area contributed by atoms with Crippen LogP contribution in [0.1, 0.15) is 49.4 Å². The first-order valence-electron chi connectivity index (χ1n) is 11.8. The van der Waals surface area contributed by atoms with Crippen molar-refractivity contribution in [1.82, 2.24) is 15.6 Å². The van der Waals surface area contributed by atoms with Crippen molar-refractivity contribution in [3.8, 4) is 5.75 Å². The summed E-state index contributed by atoms with van der Waals surface area (Å²) in [6.45, 7) is 6.46. The standard InChI is InChI=1S/C28H35N3O2/c1-3-7-22(2)21-33-26-12-10-25(11-13-26)27(20-30-19-24-14-16-29-17-15-24)31-28(32)18-23-8-5-4-6-9-23/h4-6,8-17,22,27,30H,3,7,18-21H2,1-2H3,(H,31,32)/t22?,27-/m0/s1. The number of nitrogens with one attached hydrogen (secondary N) is 2. The summed E-state index contributed by atoms with van der Waals surface area (Å²) in [5.41, 5.74) is 3.21. The van der Waals surface area contributed by atoms with E-state index < -0.39 is 0 Å². The van der Waals surface area contributed by atoms with Crippen molar-refractivity contribution in [1.29, 1.82) is 0 Å². The number of hydrogen-bond donors (Lipinski definition) is 2. The lowest BCUT2D eigenvalue weighted by atomic mass is 10.1. The Bertz CT molecular complexity index is 946. The van der Waals surface area contributed by atoms with Crippen molar-refractivity contribution in [3.63, 3.8) is 0 Å². The molecule has 1 unspecified atom stereocenters. The van der Waals surface area contributed by atoms with Crippen LogP contribution in [-0.4, -0.2) is 24.0 Å². The molecule has 5 nitrogen and oxygen atoms in total. The van der Waals surface area contributed by atoms with Gasteiger partial charge in [-0.1, -0.05) is 62.7 Å². The van der Waals surface area contributed by atoms with Crippen LogP contribution < -0.4 is 15.4 Å². The van der Waals surface area contributed by atoms with Gasteiger partial charge in [0, 0.05) is 25.5 Å². The van der Waals surface area contributed by atoms with E-state index in [2.05, 4.69) is 29.5 Å². The molecule has 0 bridgehead atoms. The maximum absolute atomic E-state index is 12.8. The van der Waals surface area contributed by atoms with Gasteiger partial charge in [0.25, 0.3) is 0 Å². The van der Waals surface area contributed by atoms with Crippen LogP contribution in [0.2, 0.25) is 0 Å². The average molecular weight is 446 g/mol. The second-order valence-corrected chi connectivity index (χ2v) is 8.54. The lowest BCUT2D eigenvalue weighted by Gasteiger charge is -2.21. The molecule has 1 aromatic heterocycles. The van der Waals surface area contributed by atoms with E-state index in [-0.39, 0.29) is 11.9 Å². The van der Waals surface area contributed by atoms with Gasteiger partial charge in [-0.2, -0.15) is 0 Å². The number of pyridine rings is 1. The Morgan fingerprint density at radius 1 is 0.970 bits per heavy atom. The maximum atomic E-state index is 12.8. The zero-order valence-corrected chi connectivity index (χ0v) is 19.7. The fourth-order valence-corrected chi connectivity index (χ4v) is 3.75. The van der Waals surface area contributed by atoms with Crippen LogP contribution in [-0.2, 0) is 17.8 Å². The summed E-state index contributed by atoms with van der Waals surface area (Å²) in [4.78, 5) is 16.8. The van der Waals surface area contributed by atoms with E-state index in [0.29, 0.717) is 25.4 Å². The third-order valence-corrected chi connectivity index (χ3v) is 5.57. The fraction of sp³-hybridized carbons (Fsp3) is 0.357. The van der Waals surface area contributed by atoms with E-state index in [1.165, 1.54) is 6.42 Å². The number of amides is 1. The third kappa shape index (κ3) is 8.70. The van der Waals surface area contributed by atoms with Crippen LogP contribution in [0.4, 0.5) is 0 Å². The summed E-state index contributed by atoms with van der Waals surface area (Å²) in [6, 6.07) is 21.7. The van der Waals surface area contributed by atoms with Gasteiger partial charge < -0.3 is 15.4 Å². The largest absolute Gasteiger partial charge is 0.493 e. The Morgan fingerprint density at radius 2 is 1.70 bits per heavy atom. The summed E-state index contributed by atoms with van der Waals surface area (Å²) in [5, 5.41) is 6.66. The second kappa shape index (κ2) is 13.4. The van der Waals surface area contributed by atoms with E-state index >= 15 is 0 Å². The number of hydrogen-bond acceptors (Lipinski definition) is 4. The van der Waals surface area contributed by atoms with Gasteiger partial charge >= 0.3 is 0 Å². The first kappa shape index (κ1) is 24.5. The fourth-order valence-electron chi connectivity index (χ4n) is 3.75. The van der Waals surface area contributed by atoms with Gasteiger partial charge in [0.15, 0.2) is 0 Å². The summed E-state index contributed by atoms with van der Waals surface area (Å²) in [5.74, 6) is 1.41. The van der Waals surface area contributed by atoms with Crippen LogP contribution in [0.5, 0.6) is 5.75 Å². The number of aromatic nitrogens is 1. The highest BCUT2D eigenvalue weighted by atomic mass is 16.5. The molecule has 3 rings (SSSR count). The highest BCUT2D eigenvalue weighted by Crippen LogP contribution is 2.19. The van der Waals surface area contributed by atoms with Crippen LogP contribution in [0.15, 0.2) is 79.1 Å². The van der Waals surface area contributed by atoms with Crippen LogP contribution in [0, 0.1) is 5.92 Å². The lowest BCUT2D eigenvalue weighted by molar-refractivity contribution is -0.121. The topological polar surface area (TPSA) is 63.2 Å². The maximum Gasteiger partial charge on any atom is 0.224 e. The number of carbonyl (C=O) groups excluding carboxylic acids is 1. The van der Waals surface area contributed by atoms with Crippen LogP contribution in [0.25, 0.3) is 0 Å². The van der Waals surface area contributed by atoms with Crippen LogP contribution in [0.3, 0.4) is 0 Å². The molecule has 0 saturated carbocycles. The molecule has 0 fully saturated rings. The molecule has 0 saturated heterocycles. The first-order valence-corrected chi connectivity index (χ1v) is 11.8. The van der Waals surface area contributed by atoms with E-state index in [9.17, 15) is 4.79 Å². The Kier molecular flexibility index (Phi) is 9.92. The van der Waals surface area contributed by atoms with Crippen molar-refractivity contribution < 1.29 is 9.53 Å². The molecule has 5 heteroatoms. The van der Waals surface area contributed by atoms with Crippen LogP contribution >= 0.6 is 0 Å². The molecule has 0 aliphatic heterocycles. The van der Waals surface area contributed by atoms with Gasteiger partial charge in [-0.3, -0.25) is 9.78 Å². The highest BCUT2D eigenvalue weighted by Gasteiger charge is 2.15. The van der Waals surface area contributed by atoms with Gasteiger partial charge in [0.05, 0.1) is 19.1 Å². The van der Waals surface area contributed by atoms with Gasteiger partial charge in [-0.15, -0.1) is 0 Å². The van der Waals surface area contributed by atoms with E-state index in [4.69, 9.17) is 4.74 Å². The summed E-state index contributed by atoms with van der Waals surface area (Å²) >= 11 is 0. The van der Waals surface area contributed by atoms with Crippen molar-refractivity contribution in [2.75, 3.05) is 13.2 Å². The normalized spacial score (nSPS) is 12.7. The average Bonchev–Trinajstić information content (AvgIpc) is 2.84. The van der Waals surface area contributed by atoms with Gasteiger partial charge in [0.1, 0.15) is 5.75 Å². The van der Waals surface area contributed by atoms with E-state index in [0.717, 1.165) is 35.5 Å². The predicted molar refractivity (Wildman–Crippen MR) is 133 cm³/mol. The molecule has 1 amide bonds. The van der Waals surface area contributed by atoms with Crippen molar-refractivity contribution in [2.45, 2.75) is 45.7 Å². The van der Waals surface area contributed by atoms with E-state index in [1.54, 1.807) is 12.4 Å². The number of carbonyl (C=O) groups is 1. The zero-order valence-electron chi connectivity index (χ0n) is 19.7. The Labute approximate surface area is 197 Å². The SMILES string of the molecule is CCCC(C)COc1ccc([C@H](CNCc2ccncc2)NC(=O)Cc2ccccc2)cc1. The van der Waals surface area contributed by atoms with Gasteiger partial charge in [0.2, 0.25) is 5.91 Å². The minimum Gasteiger partial charge on any atom is -0.493 e. The Morgan fingerprint density at radius 3 is 2.39 bits per heavy atom. The molecule has 0 aliphatic carbocycles. The van der Waals surface area contributed by atoms with E-state index in [1.807, 2.05) is 66.7 Å². The molecule has 2 aromatic carbocycles. The minimum absolute atomic E-state index is 0.00521. The molecule has 0 radical (unpaired) electrons. The number of benzene rings is 2. The van der Waals surface area contributed by atoms with Gasteiger partial charge in [-0.25, -0.2) is 0 Å². The molecule has 33 heavy (non-hydrogen) atoms. The molecule has 0 spiro atoms.